The van der Waals surface area contributed by atoms with Crippen molar-refractivity contribution in [1.82, 2.24) is 0 Å². The van der Waals surface area contributed by atoms with Gasteiger partial charge in [-0.05, 0) is 23.8 Å². The monoisotopic (exact) mass is 372 g/mol. The second kappa shape index (κ2) is 7.07. The molecule has 0 aliphatic carbocycles. The lowest BCUT2D eigenvalue weighted by Crippen LogP contribution is -2.16. The number of carbonyl (C=O) groups is 1. The summed E-state index contributed by atoms with van der Waals surface area (Å²) in [6.07, 6.45) is -4.59. The SMILES string of the molecule is O=C(COCc1ccccc1)c1ccc(Br)cc1C(F)(F)F. The number of benzene rings is 2. The van der Waals surface area contributed by atoms with Crippen LogP contribution in [0, 0.1) is 0 Å². The van der Waals surface area contributed by atoms with Crippen LogP contribution >= 0.6 is 15.9 Å². The minimum Gasteiger partial charge on any atom is -0.369 e. The molecule has 0 heterocycles. The van der Waals surface area contributed by atoms with Crippen molar-refractivity contribution in [2.75, 3.05) is 6.61 Å². The third-order valence-corrected chi connectivity index (χ3v) is 3.43. The molecular formula is C16H12BrF3O2. The van der Waals surface area contributed by atoms with Crippen LogP contribution < -0.4 is 0 Å². The van der Waals surface area contributed by atoms with E-state index in [0.29, 0.717) is 0 Å². The predicted octanol–water partition coefficient (Wildman–Crippen LogP) is 4.87. The lowest BCUT2D eigenvalue weighted by atomic mass is 10.0. The minimum atomic E-state index is -4.59. The first-order valence-corrected chi connectivity index (χ1v) is 7.19. The summed E-state index contributed by atoms with van der Waals surface area (Å²) in [5.41, 5.74) is -0.499. The molecular weight excluding hydrogens is 361 g/mol. The zero-order valence-corrected chi connectivity index (χ0v) is 12.9. The van der Waals surface area contributed by atoms with Gasteiger partial charge in [0, 0.05) is 10.0 Å². The molecule has 0 saturated carbocycles. The summed E-state index contributed by atoms with van der Waals surface area (Å²) in [6, 6.07) is 12.5. The number of carbonyl (C=O) groups excluding carboxylic acids is 1. The van der Waals surface area contributed by atoms with Gasteiger partial charge in [0.25, 0.3) is 0 Å². The van der Waals surface area contributed by atoms with Crippen LogP contribution in [0.3, 0.4) is 0 Å². The second-order valence-corrected chi connectivity index (χ2v) is 5.50. The Kier molecular flexibility index (Phi) is 5.37. The molecule has 0 amide bonds. The third kappa shape index (κ3) is 4.42. The molecule has 0 N–H and O–H groups in total. The van der Waals surface area contributed by atoms with Crippen LogP contribution in [-0.2, 0) is 17.5 Å². The van der Waals surface area contributed by atoms with Gasteiger partial charge in [-0.3, -0.25) is 4.79 Å². The van der Waals surface area contributed by atoms with E-state index in [2.05, 4.69) is 15.9 Å². The van der Waals surface area contributed by atoms with E-state index in [4.69, 9.17) is 4.74 Å². The third-order valence-electron chi connectivity index (χ3n) is 2.93. The summed E-state index contributed by atoms with van der Waals surface area (Å²) >= 11 is 2.98. The van der Waals surface area contributed by atoms with Crippen molar-refractivity contribution in [2.24, 2.45) is 0 Å². The Bertz CT molecular complexity index is 654. The van der Waals surface area contributed by atoms with Gasteiger partial charge in [-0.15, -0.1) is 0 Å². The van der Waals surface area contributed by atoms with Crippen LogP contribution in [0.1, 0.15) is 21.5 Å². The van der Waals surface area contributed by atoms with Crippen LogP contribution in [0.4, 0.5) is 13.2 Å². The Balaban J connectivity index is 2.07. The molecule has 0 bridgehead atoms. The van der Waals surface area contributed by atoms with E-state index in [-0.39, 0.29) is 16.6 Å². The van der Waals surface area contributed by atoms with Crippen LogP contribution in [0.25, 0.3) is 0 Å². The molecule has 0 fully saturated rings. The van der Waals surface area contributed by atoms with E-state index in [0.717, 1.165) is 17.7 Å². The molecule has 116 valence electrons. The fourth-order valence-electron chi connectivity index (χ4n) is 1.91. The summed E-state index contributed by atoms with van der Waals surface area (Å²) < 4.78 is 44.4. The molecule has 0 aliphatic rings. The number of ketones is 1. The van der Waals surface area contributed by atoms with Gasteiger partial charge in [0.1, 0.15) is 6.61 Å². The molecule has 0 saturated heterocycles. The maximum Gasteiger partial charge on any atom is 0.417 e. The van der Waals surface area contributed by atoms with Gasteiger partial charge in [0.2, 0.25) is 0 Å². The molecule has 2 nitrogen and oxygen atoms in total. The normalized spacial score (nSPS) is 11.5. The van der Waals surface area contributed by atoms with Crippen molar-refractivity contribution in [2.45, 2.75) is 12.8 Å². The van der Waals surface area contributed by atoms with Gasteiger partial charge < -0.3 is 4.74 Å². The fraction of sp³-hybridized carbons (Fsp3) is 0.188. The molecule has 0 aliphatic heterocycles. The first-order chi connectivity index (χ1) is 10.4. The van der Waals surface area contributed by atoms with Crippen LogP contribution in [0.2, 0.25) is 0 Å². The fourth-order valence-corrected chi connectivity index (χ4v) is 2.27. The topological polar surface area (TPSA) is 26.3 Å². The molecule has 22 heavy (non-hydrogen) atoms. The summed E-state index contributed by atoms with van der Waals surface area (Å²) in [5, 5.41) is 0. The highest BCUT2D eigenvalue weighted by Crippen LogP contribution is 2.34. The first kappa shape index (κ1) is 16.7. The van der Waals surface area contributed by atoms with Gasteiger partial charge in [0.05, 0.1) is 12.2 Å². The van der Waals surface area contributed by atoms with Crippen LogP contribution in [0.15, 0.2) is 53.0 Å². The number of rotatable bonds is 5. The van der Waals surface area contributed by atoms with Crippen molar-refractivity contribution in [3.05, 3.63) is 69.7 Å². The zero-order chi connectivity index (χ0) is 16.2. The molecule has 6 heteroatoms. The number of alkyl halides is 3. The van der Waals surface area contributed by atoms with Crippen molar-refractivity contribution in [1.29, 1.82) is 0 Å². The average Bonchev–Trinajstić information content (AvgIpc) is 2.47. The van der Waals surface area contributed by atoms with Crippen molar-refractivity contribution in [3.63, 3.8) is 0 Å². The van der Waals surface area contributed by atoms with E-state index in [1.165, 1.54) is 6.07 Å². The van der Waals surface area contributed by atoms with E-state index < -0.39 is 24.1 Å². The Morgan fingerprint density at radius 1 is 1.09 bits per heavy atom. The van der Waals surface area contributed by atoms with Crippen LogP contribution in [0.5, 0.6) is 0 Å². The molecule has 0 atom stereocenters. The van der Waals surface area contributed by atoms with Gasteiger partial charge in [-0.25, -0.2) is 0 Å². The van der Waals surface area contributed by atoms with Crippen molar-refractivity contribution < 1.29 is 22.7 Å². The van der Waals surface area contributed by atoms with Gasteiger partial charge in [0.15, 0.2) is 5.78 Å². The number of hydrogen-bond donors (Lipinski definition) is 0. The number of hydrogen-bond acceptors (Lipinski definition) is 2. The molecule has 2 aromatic carbocycles. The minimum absolute atomic E-state index is 0.171. The molecule has 0 aromatic heterocycles. The zero-order valence-electron chi connectivity index (χ0n) is 11.4. The Morgan fingerprint density at radius 3 is 2.41 bits per heavy atom. The van der Waals surface area contributed by atoms with Gasteiger partial charge >= 0.3 is 6.18 Å². The molecule has 0 unspecified atom stereocenters. The van der Waals surface area contributed by atoms with E-state index in [9.17, 15) is 18.0 Å². The van der Waals surface area contributed by atoms with Crippen LogP contribution in [-0.4, -0.2) is 12.4 Å². The first-order valence-electron chi connectivity index (χ1n) is 6.39. The van der Waals surface area contributed by atoms with Gasteiger partial charge in [-0.2, -0.15) is 13.2 Å². The Morgan fingerprint density at radius 2 is 1.77 bits per heavy atom. The summed E-state index contributed by atoms with van der Waals surface area (Å²) in [4.78, 5) is 12.0. The maximum absolute atomic E-state index is 13.0. The lowest BCUT2D eigenvalue weighted by molar-refractivity contribution is -0.138. The molecule has 2 rings (SSSR count). The highest BCUT2D eigenvalue weighted by atomic mass is 79.9. The predicted molar refractivity (Wildman–Crippen MR) is 79.6 cm³/mol. The Labute approximate surface area is 134 Å². The van der Waals surface area contributed by atoms with Crippen molar-refractivity contribution in [3.8, 4) is 0 Å². The molecule has 2 aromatic rings. The smallest absolute Gasteiger partial charge is 0.369 e. The average molecular weight is 373 g/mol. The van der Waals surface area contributed by atoms with Crippen molar-refractivity contribution >= 4 is 21.7 Å². The van der Waals surface area contributed by atoms with E-state index in [1.807, 2.05) is 30.3 Å². The standard InChI is InChI=1S/C16H12BrF3O2/c17-12-6-7-13(14(8-12)16(18,19)20)15(21)10-22-9-11-4-2-1-3-5-11/h1-8H,9-10H2. The van der Waals surface area contributed by atoms with E-state index in [1.54, 1.807) is 0 Å². The number of ether oxygens (including phenoxy) is 1. The summed E-state index contributed by atoms with van der Waals surface area (Å²) in [7, 11) is 0. The number of halogens is 4. The van der Waals surface area contributed by atoms with Gasteiger partial charge in [-0.1, -0.05) is 46.3 Å². The lowest BCUT2D eigenvalue weighted by Gasteiger charge is -2.12. The number of Topliss-reactive ketones (excluding diaryl/α,β-unsaturated/α-hetero) is 1. The maximum atomic E-state index is 13.0. The second-order valence-electron chi connectivity index (χ2n) is 4.59. The highest BCUT2D eigenvalue weighted by Gasteiger charge is 2.35. The Hall–Kier alpha value is -1.66. The summed E-state index contributed by atoms with van der Waals surface area (Å²) in [5.74, 6) is -0.698. The molecule has 0 radical (unpaired) electrons. The highest BCUT2D eigenvalue weighted by molar-refractivity contribution is 9.10. The molecule has 0 spiro atoms. The summed E-state index contributed by atoms with van der Waals surface area (Å²) in [6.45, 7) is -0.232. The van der Waals surface area contributed by atoms with E-state index >= 15 is 0 Å². The quantitative estimate of drug-likeness (QED) is 0.700. The largest absolute Gasteiger partial charge is 0.417 e.